The van der Waals surface area contributed by atoms with Crippen LogP contribution in [0.25, 0.3) is 0 Å². The number of amides is 1. The number of rotatable bonds is 8. The average molecular weight is 309 g/mol. The van der Waals surface area contributed by atoms with E-state index in [1.807, 2.05) is 5.48 Å². The molecule has 0 bridgehead atoms. The molecule has 6 heteroatoms. The summed E-state index contributed by atoms with van der Waals surface area (Å²) in [6.07, 6.45) is 5.36. The van der Waals surface area contributed by atoms with E-state index >= 15 is 0 Å². The Labute approximate surface area is 130 Å². The third kappa shape index (κ3) is 6.03. The van der Waals surface area contributed by atoms with Crippen LogP contribution in [0.3, 0.4) is 0 Å². The third-order valence-corrected chi connectivity index (χ3v) is 3.19. The van der Waals surface area contributed by atoms with Gasteiger partial charge in [-0.2, -0.15) is 5.48 Å². The fourth-order valence-corrected chi connectivity index (χ4v) is 1.91. The van der Waals surface area contributed by atoms with E-state index in [4.69, 9.17) is 9.57 Å². The van der Waals surface area contributed by atoms with Crippen LogP contribution in [-0.2, 0) is 9.63 Å². The molecular weight excluding hydrogens is 286 g/mol. The Morgan fingerprint density at radius 1 is 1.18 bits per heavy atom. The molecule has 0 heterocycles. The lowest BCUT2D eigenvalue weighted by molar-refractivity contribution is -0.149. The van der Waals surface area contributed by atoms with Crippen LogP contribution in [0.1, 0.15) is 55.8 Å². The fraction of sp³-hybridized carbons (Fsp3) is 0.500. The summed E-state index contributed by atoms with van der Waals surface area (Å²) in [7, 11) is 1.46. The van der Waals surface area contributed by atoms with Crippen LogP contribution in [0.15, 0.2) is 18.2 Å². The lowest BCUT2D eigenvalue weighted by Crippen LogP contribution is -2.27. The van der Waals surface area contributed by atoms with Crippen molar-refractivity contribution in [2.75, 3.05) is 7.11 Å². The second-order valence-electron chi connectivity index (χ2n) is 4.95. The largest absolute Gasteiger partial charge is 0.507 e. The van der Waals surface area contributed by atoms with E-state index in [0.717, 1.165) is 32.1 Å². The number of carbonyl (C=O) groups excluding carboxylic acids is 2. The molecule has 0 spiro atoms. The zero-order valence-electron chi connectivity index (χ0n) is 13.1. The average Bonchev–Trinajstić information content (AvgIpc) is 2.52. The number of hydroxylamine groups is 1. The van der Waals surface area contributed by atoms with Gasteiger partial charge >= 0.3 is 5.97 Å². The molecule has 0 aliphatic rings. The van der Waals surface area contributed by atoms with E-state index < -0.39 is 11.9 Å². The highest BCUT2D eigenvalue weighted by atomic mass is 16.7. The number of hydrogen-bond donors (Lipinski definition) is 2. The smallest absolute Gasteiger partial charge is 0.332 e. The van der Waals surface area contributed by atoms with Gasteiger partial charge in [-0.25, -0.2) is 4.79 Å². The lowest BCUT2D eigenvalue weighted by atomic mass is 10.1. The number of aromatic hydroxyl groups is 1. The maximum atomic E-state index is 11.8. The number of phenolic OH excluding ortho intramolecular Hbond substituents is 1. The molecule has 0 saturated carbocycles. The molecule has 1 rings (SSSR count). The number of phenols is 1. The Bertz CT molecular complexity index is 501. The van der Waals surface area contributed by atoms with Gasteiger partial charge in [-0.15, -0.1) is 0 Å². The first-order valence-corrected chi connectivity index (χ1v) is 7.45. The number of benzene rings is 1. The summed E-state index contributed by atoms with van der Waals surface area (Å²) in [6, 6.07) is 4.23. The first-order valence-electron chi connectivity index (χ1n) is 7.45. The molecule has 1 aromatic rings. The van der Waals surface area contributed by atoms with Crippen LogP contribution in [-0.4, -0.2) is 24.1 Å². The molecule has 1 aromatic carbocycles. The quantitative estimate of drug-likeness (QED) is 0.569. The van der Waals surface area contributed by atoms with Gasteiger partial charge in [0.2, 0.25) is 0 Å². The van der Waals surface area contributed by atoms with Gasteiger partial charge in [-0.1, -0.05) is 32.6 Å². The van der Waals surface area contributed by atoms with Crippen LogP contribution >= 0.6 is 0 Å². The SMILES string of the molecule is CCCCCCCC(=O)ONC(=O)c1ccc(OC)cc1O. The summed E-state index contributed by atoms with van der Waals surface area (Å²) in [4.78, 5) is 28.0. The minimum absolute atomic E-state index is 0.0107. The Morgan fingerprint density at radius 2 is 1.91 bits per heavy atom. The summed E-state index contributed by atoms with van der Waals surface area (Å²) in [5, 5.41) is 9.70. The third-order valence-electron chi connectivity index (χ3n) is 3.19. The molecule has 0 unspecified atom stereocenters. The van der Waals surface area contributed by atoms with Gasteiger partial charge in [0.05, 0.1) is 12.7 Å². The van der Waals surface area contributed by atoms with Gasteiger partial charge in [0.1, 0.15) is 11.5 Å². The topological polar surface area (TPSA) is 84.9 Å². The first kappa shape index (κ1) is 17.8. The molecule has 0 fully saturated rings. The zero-order valence-corrected chi connectivity index (χ0v) is 13.1. The van der Waals surface area contributed by atoms with E-state index in [0.29, 0.717) is 5.75 Å². The van der Waals surface area contributed by atoms with E-state index in [9.17, 15) is 14.7 Å². The van der Waals surface area contributed by atoms with Crippen molar-refractivity contribution in [2.45, 2.75) is 45.4 Å². The number of unbranched alkanes of at least 4 members (excludes halogenated alkanes) is 4. The van der Waals surface area contributed by atoms with Crippen LogP contribution in [0.4, 0.5) is 0 Å². The Kier molecular flexibility index (Phi) is 7.81. The highest BCUT2D eigenvalue weighted by Gasteiger charge is 2.14. The van der Waals surface area contributed by atoms with Crippen molar-refractivity contribution in [1.82, 2.24) is 5.48 Å². The van der Waals surface area contributed by atoms with Gasteiger partial charge in [0, 0.05) is 12.5 Å². The number of methoxy groups -OCH3 is 1. The van der Waals surface area contributed by atoms with Gasteiger partial charge in [-0.05, 0) is 18.6 Å². The van der Waals surface area contributed by atoms with Crippen molar-refractivity contribution >= 4 is 11.9 Å². The number of ether oxygens (including phenoxy) is 1. The normalized spacial score (nSPS) is 10.1. The highest BCUT2D eigenvalue weighted by molar-refractivity contribution is 5.96. The molecule has 0 aliphatic carbocycles. The summed E-state index contributed by atoms with van der Waals surface area (Å²) < 4.78 is 4.92. The Morgan fingerprint density at radius 3 is 2.55 bits per heavy atom. The lowest BCUT2D eigenvalue weighted by Gasteiger charge is -2.08. The van der Waals surface area contributed by atoms with E-state index in [2.05, 4.69) is 6.92 Å². The van der Waals surface area contributed by atoms with Crippen molar-refractivity contribution in [2.24, 2.45) is 0 Å². The van der Waals surface area contributed by atoms with E-state index in [1.165, 1.54) is 25.3 Å². The summed E-state index contributed by atoms with van der Waals surface area (Å²) >= 11 is 0. The standard InChI is InChI=1S/C16H23NO5/c1-3-4-5-6-7-8-15(19)22-17-16(20)13-10-9-12(21-2)11-14(13)18/h9-11,18H,3-8H2,1-2H3,(H,17,20). The Balaban J connectivity index is 2.35. The molecular formula is C16H23NO5. The van der Waals surface area contributed by atoms with Gasteiger partial charge < -0.3 is 14.7 Å². The van der Waals surface area contributed by atoms with Crippen molar-refractivity contribution in [1.29, 1.82) is 0 Å². The molecule has 6 nitrogen and oxygen atoms in total. The van der Waals surface area contributed by atoms with Crippen LogP contribution in [0, 0.1) is 0 Å². The number of nitrogens with one attached hydrogen (secondary N) is 1. The monoisotopic (exact) mass is 309 g/mol. The van der Waals surface area contributed by atoms with Crippen LogP contribution < -0.4 is 10.2 Å². The molecule has 22 heavy (non-hydrogen) atoms. The summed E-state index contributed by atoms with van der Waals surface area (Å²) in [5.74, 6) is -0.983. The minimum Gasteiger partial charge on any atom is -0.507 e. The van der Waals surface area contributed by atoms with Crippen molar-refractivity contribution < 1.29 is 24.3 Å². The summed E-state index contributed by atoms with van der Waals surface area (Å²) in [6.45, 7) is 2.12. The molecule has 122 valence electrons. The maximum Gasteiger partial charge on any atom is 0.332 e. The van der Waals surface area contributed by atoms with E-state index in [1.54, 1.807) is 0 Å². The summed E-state index contributed by atoms with van der Waals surface area (Å²) in [5.41, 5.74) is 2.05. The van der Waals surface area contributed by atoms with Gasteiger partial charge in [0.25, 0.3) is 5.91 Å². The predicted octanol–water partition coefficient (Wildman–Crippen LogP) is 2.95. The number of carbonyl (C=O) groups is 2. The van der Waals surface area contributed by atoms with Crippen molar-refractivity contribution in [3.05, 3.63) is 23.8 Å². The van der Waals surface area contributed by atoms with Gasteiger partial charge in [0.15, 0.2) is 0 Å². The van der Waals surface area contributed by atoms with Crippen molar-refractivity contribution in [3.63, 3.8) is 0 Å². The molecule has 1 amide bonds. The van der Waals surface area contributed by atoms with E-state index in [-0.39, 0.29) is 17.7 Å². The second-order valence-corrected chi connectivity index (χ2v) is 4.95. The molecule has 0 saturated heterocycles. The molecule has 0 aliphatic heterocycles. The molecule has 0 aromatic heterocycles. The second kappa shape index (κ2) is 9.65. The minimum atomic E-state index is -0.681. The van der Waals surface area contributed by atoms with Crippen LogP contribution in [0.5, 0.6) is 11.5 Å². The molecule has 0 atom stereocenters. The molecule has 2 N–H and O–H groups in total. The fourth-order valence-electron chi connectivity index (χ4n) is 1.91. The molecule has 0 radical (unpaired) electrons. The zero-order chi connectivity index (χ0) is 16.4. The number of hydrogen-bond acceptors (Lipinski definition) is 5. The van der Waals surface area contributed by atoms with Crippen molar-refractivity contribution in [3.8, 4) is 11.5 Å². The highest BCUT2D eigenvalue weighted by Crippen LogP contribution is 2.23. The maximum absolute atomic E-state index is 11.8. The Hall–Kier alpha value is -2.24. The van der Waals surface area contributed by atoms with Gasteiger partial charge in [-0.3, -0.25) is 4.79 Å². The predicted molar refractivity (Wildman–Crippen MR) is 81.6 cm³/mol. The van der Waals surface area contributed by atoms with Crippen LogP contribution in [0.2, 0.25) is 0 Å². The first-order chi connectivity index (χ1) is 10.6.